The van der Waals surface area contributed by atoms with Crippen LogP contribution in [0.3, 0.4) is 0 Å². The van der Waals surface area contributed by atoms with E-state index in [0.29, 0.717) is 5.92 Å². The van der Waals surface area contributed by atoms with Crippen LogP contribution in [0.25, 0.3) is 0 Å². The Morgan fingerprint density at radius 2 is 1.96 bits per heavy atom. The average Bonchev–Trinajstić information content (AvgIpc) is 2.98. The van der Waals surface area contributed by atoms with Crippen LogP contribution in [0.1, 0.15) is 44.6 Å². The van der Waals surface area contributed by atoms with Crippen molar-refractivity contribution in [3.8, 4) is 0 Å². The van der Waals surface area contributed by atoms with Gasteiger partial charge in [0.05, 0.1) is 6.54 Å². The molecule has 0 radical (unpaired) electrons. The van der Waals surface area contributed by atoms with Crippen molar-refractivity contribution in [3.63, 3.8) is 0 Å². The maximum atomic E-state index is 12.7. The van der Waals surface area contributed by atoms with Gasteiger partial charge in [0, 0.05) is 30.6 Å². The molecule has 2 aliphatic rings. The number of carboxylic acid groups (broad SMARTS) is 1. The number of benzene rings is 1. The molecule has 1 saturated heterocycles. The zero-order chi connectivity index (χ0) is 18.7. The Morgan fingerprint density at radius 3 is 2.58 bits per heavy atom. The van der Waals surface area contributed by atoms with Crippen molar-refractivity contribution in [2.24, 2.45) is 0 Å². The molecule has 0 spiro atoms. The summed E-state index contributed by atoms with van der Waals surface area (Å²) in [5, 5.41) is 12.1. The SMILES string of the molecule is CCN(CC(=O)O)C1CC(NC(=O)N2CCC(c3ccccc3)C2C)C1. The summed E-state index contributed by atoms with van der Waals surface area (Å²) in [5.74, 6) is -0.403. The van der Waals surface area contributed by atoms with Gasteiger partial charge in [-0.2, -0.15) is 0 Å². The molecule has 2 atom stereocenters. The molecule has 3 rings (SSSR count). The van der Waals surface area contributed by atoms with Crippen LogP contribution in [0.4, 0.5) is 4.79 Å². The molecule has 2 amide bonds. The van der Waals surface area contributed by atoms with Crippen molar-refractivity contribution in [2.75, 3.05) is 19.6 Å². The van der Waals surface area contributed by atoms with E-state index in [0.717, 1.165) is 32.4 Å². The number of rotatable bonds is 6. The smallest absolute Gasteiger partial charge is 0.317 e. The predicted molar refractivity (Wildman–Crippen MR) is 100 cm³/mol. The second-order valence-electron chi connectivity index (χ2n) is 7.47. The third kappa shape index (κ3) is 4.01. The molecule has 26 heavy (non-hydrogen) atoms. The van der Waals surface area contributed by atoms with Gasteiger partial charge in [0.25, 0.3) is 0 Å². The second-order valence-corrected chi connectivity index (χ2v) is 7.47. The first-order valence-electron chi connectivity index (χ1n) is 9.57. The normalized spacial score (nSPS) is 28.0. The van der Waals surface area contributed by atoms with Crippen LogP contribution in [0.5, 0.6) is 0 Å². The van der Waals surface area contributed by atoms with Crippen LogP contribution in [0, 0.1) is 0 Å². The first kappa shape index (κ1) is 18.7. The molecule has 142 valence electrons. The zero-order valence-corrected chi connectivity index (χ0v) is 15.6. The van der Waals surface area contributed by atoms with Crippen LogP contribution >= 0.6 is 0 Å². The minimum atomic E-state index is -0.794. The molecule has 2 fully saturated rings. The number of hydrogen-bond acceptors (Lipinski definition) is 3. The summed E-state index contributed by atoms with van der Waals surface area (Å²) in [4.78, 5) is 27.5. The lowest BCUT2D eigenvalue weighted by molar-refractivity contribution is -0.139. The summed E-state index contributed by atoms with van der Waals surface area (Å²) < 4.78 is 0. The molecule has 6 heteroatoms. The summed E-state index contributed by atoms with van der Waals surface area (Å²) in [6.45, 7) is 5.68. The van der Waals surface area contributed by atoms with E-state index in [9.17, 15) is 9.59 Å². The number of hydrogen-bond donors (Lipinski definition) is 2. The van der Waals surface area contributed by atoms with E-state index in [1.165, 1.54) is 5.56 Å². The van der Waals surface area contributed by atoms with E-state index in [1.54, 1.807) is 0 Å². The molecule has 1 aliphatic carbocycles. The topological polar surface area (TPSA) is 72.9 Å². The minimum Gasteiger partial charge on any atom is -0.480 e. The van der Waals surface area contributed by atoms with Crippen molar-refractivity contribution in [3.05, 3.63) is 35.9 Å². The van der Waals surface area contributed by atoms with Crippen LogP contribution in [-0.4, -0.2) is 64.7 Å². The van der Waals surface area contributed by atoms with E-state index >= 15 is 0 Å². The molecule has 1 heterocycles. The minimum absolute atomic E-state index is 0.0145. The van der Waals surface area contributed by atoms with E-state index in [1.807, 2.05) is 22.8 Å². The molecule has 1 aromatic carbocycles. The first-order chi connectivity index (χ1) is 12.5. The Labute approximate surface area is 155 Å². The number of likely N-dealkylation sites (N-methyl/N-ethyl adjacent to an activating group) is 1. The Balaban J connectivity index is 1.48. The fourth-order valence-electron chi connectivity index (χ4n) is 4.31. The zero-order valence-electron chi connectivity index (χ0n) is 15.6. The number of aliphatic carboxylic acids is 1. The lowest BCUT2D eigenvalue weighted by Crippen LogP contribution is -2.57. The lowest BCUT2D eigenvalue weighted by Gasteiger charge is -2.43. The first-order valence-corrected chi connectivity index (χ1v) is 9.57. The summed E-state index contributed by atoms with van der Waals surface area (Å²) >= 11 is 0. The van der Waals surface area contributed by atoms with Gasteiger partial charge in [-0.1, -0.05) is 37.3 Å². The van der Waals surface area contributed by atoms with Crippen molar-refractivity contribution >= 4 is 12.0 Å². The highest BCUT2D eigenvalue weighted by Gasteiger charge is 2.38. The fourth-order valence-corrected chi connectivity index (χ4v) is 4.31. The third-order valence-corrected chi connectivity index (χ3v) is 5.95. The highest BCUT2D eigenvalue weighted by molar-refractivity contribution is 5.75. The van der Waals surface area contributed by atoms with E-state index in [-0.39, 0.29) is 30.7 Å². The Bertz CT molecular complexity index is 630. The Morgan fingerprint density at radius 1 is 1.27 bits per heavy atom. The maximum absolute atomic E-state index is 12.7. The standard InChI is InChI=1S/C20H29N3O3/c1-3-22(13-19(24)25)17-11-16(12-17)21-20(26)23-10-9-18(14(23)2)15-7-5-4-6-8-15/h4-8,14,16-18H,3,9-13H2,1-2H3,(H,21,26)(H,24,25). The fraction of sp³-hybridized carbons (Fsp3) is 0.600. The molecule has 2 unspecified atom stereocenters. The molecular weight excluding hydrogens is 330 g/mol. The van der Waals surface area contributed by atoms with E-state index < -0.39 is 5.97 Å². The monoisotopic (exact) mass is 359 g/mol. The maximum Gasteiger partial charge on any atom is 0.317 e. The number of likely N-dealkylation sites (tertiary alicyclic amines) is 1. The van der Waals surface area contributed by atoms with Crippen molar-refractivity contribution in [1.82, 2.24) is 15.1 Å². The van der Waals surface area contributed by atoms with Crippen LogP contribution in [0.15, 0.2) is 30.3 Å². The average molecular weight is 359 g/mol. The molecule has 1 aliphatic heterocycles. The van der Waals surface area contributed by atoms with Gasteiger partial charge in [0.2, 0.25) is 0 Å². The summed E-state index contributed by atoms with van der Waals surface area (Å²) in [6.07, 6.45) is 2.66. The Hall–Kier alpha value is -2.08. The molecule has 6 nitrogen and oxygen atoms in total. The number of carboxylic acids is 1. The van der Waals surface area contributed by atoms with E-state index in [2.05, 4.69) is 36.5 Å². The highest BCUT2D eigenvalue weighted by atomic mass is 16.4. The molecule has 2 N–H and O–H groups in total. The number of nitrogens with one attached hydrogen (secondary N) is 1. The van der Waals surface area contributed by atoms with Gasteiger partial charge in [-0.05, 0) is 38.3 Å². The number of amides is 2. The molecule has 1 saturated carbocycles. The van der Waals surface area contributed by atoms with Gasteiger partial charge in [0.1, 0.15) is 0 Å². The van der Waals surface area contributed by atoms with Gasteiger partial charge < -0.3 is 15.3 Å². The van der Waals surface area contributed by atoms with Crippen molar-refractivity contribution < 1.29 is 14.7 Å². The van der Waals surface area contributed by atoms with Gasteiger partial charge >= 0.3 is 12.0 Å². The van der Waals surface area contributed by atoms with Crippen LogP contribution in [-0.2, 0) is 4.79 Å². The second kappa shape index (κ2) is 8.08. The highest BCUT2D eigenvalue weighted by Crippen LogP contribution is 2.33. The van der Waals surface area contributed by atoms with Gasteiger partial charge in [-0.25, -0.2) is 4.79 Å². The Kier molecular flexibility index (Phi) is 5.81. The van der Waals surface area contributed by atoms with Gasteiger partial charge in [0.15, 0.2) is 0 Å². The van der Waals surface area contributed by atoms with Gasteiger partial charge in [-0.15, -0.1) is 0 Å². The third-order valence-electron chi connectivity index (χ3n) is 5.95. The van der Waals surface area contributed by atoms with E-state index in [4.69, 9.17) is 5.11 Å². The summed E-state index contributed by atoms with van der Waals surface area (Å²) in [6, 6.07) is 11.0. The molecular formula is C20H29N3O3. The number of urea groups is 1. The lowest BCUT2D eigenvalue weighted by atomic mass is 9.85. The van der Waals surface area contributed by atoms with Gasteiger partial charge in [-0.3, -0.25) is 9.69 Å². The largest absolute Gasteiger partial charge is 0.480 e. The van der Waals surface area contributed by atoms with Crippen molar-refractivity contribution in [1.29, 1.82) is 0 Å². The van der Waals surface area contributed by atoms with Crippen LogP contribution in [0.2, 0.25) is 0 Å². The molecule has 0 aromatic heterocycles. The predicted octanol–water partition coefficient (Wildman–Crippen LogP) is 2.51. The molecule has 1 aromatic rings. The summed E-state index contributed by atoms with van der Waals surface area (Å²) in [7, 11) is 0. The summed E-state index contributed by atoms with van der Waals surface area (Å²) in [5.41, 5.74) is 1.30. The quantitative estimate of drug-likeness (QED) is 0.819. The number of carbonyl (C=O) groups is 2. The molecule has 0 bridgehead atoms. The van der Waals surface area contributed by atoms with Crippen LogP contribution < -0.4 is 5.32 Å². The number of carbonyl (C=O) groups excluding carboxylic acids is 1. The number of nitrogens with zero attached hydrogens (tertiary/aromatic N) is 2. The van der Waals surface area contributed by atoms with Crippen molar-refractivity contribution in [2.45, 2.75) is 57.2 Å².